The lowest BCUT2D eigenvalue weighted by molar-refractivity contribution is 0.293. The first-order valence-electron chi connectivity index (χ1n) is 6.56. The molecule has 2 N–H and O–H groups in total. The minimum atomic E-state index is 0.270. The molecule has 1 heteroatoms. The minimum absolute atomic E-state index is 0.270. The molecule has 0 amide bonds. The van der Waals surface area contributed by atoms with Gasteiger partial charge in [0, 0.05) is 5.54 Å². The highest BCUT2D eigenvalue weighted by Crippen LogP contribution is 2.52. The molecule has 1 nitrogen and oxygen atoms in total. The van der Waals surface area contributed by atoms with Gasteiger partial charge in [-0.3, -0.25) is 0 Å². The van der Waals surface area contributed by atoms with Crippen molar-refractivity contribution in [2.75, 3.05) is 0 Å². The van der Waals surface area contributed by atoms with E-state index in [1.165, 1.54) is 57.8 Å². The molecule has 2 atom stereocenters. The lowest BCUT2D eigenvalue weighted by atomic mass is 9.83. The highest BCUT2D eigenvalue weighted by atomic mass is 14.9. The van der Waals surface area contributed by atoms with Crippen LogP contribution in [0, 0.1) is 11.8 Å². The van der Waals surface area contributed by atoms with Crippen molar-refractivity contribution >= 4 is 0 Å². The quantitative estimate of drug-likeness (QED) is 0.717. The number of hydrogen-bond donors (Lipinski definition) is 1. The van der Waals surface area contributed by atoms with E-state index in [4.69, 9.17) is 5.73 Å². The van der Waals surface area contributed by atoms with Crippen molar-refractivity contribution in [3.8, 4) is 0 Å². The lowest BCUT2D eigenvalue weighted by Gasteiger charge is -2.26. The second-order valence-corrected chi connectivity index (χ2v) is 5.46. The van der Waals surface area contributed by atoms with Crippen LogP contribution in [-0.4, -0.2) is 5.54 Å². The van der Waals surface area contributed by atoms with Gasteiger partial charge in [-0.25, -0.2) is 0 Å². The molecule has 0 spiro atoms. The predicted octanol–water partition coefficient (Wildman–Crippen LogP) is 3.47. The van der Waals surface area contributed by atoms with Gasteiger partial charge in [0.05, 0.1) is 0 Å². The second-order valence-electron chi connectivity index (χ2n) is 5.46. The van der Waals surface area contributed by atoms with E-state index >= 15 is 0 Å². The molecule has 0 heterocycles. The third-order valence-electron chi connectivity index (χ3n) is 4.56. The van der Waals surface area contributed by atoms with Gasteiger partial charge in [0.25, 0.3) is 0 Å². The van der Waals surface area contributed by atoms with Crippen LogP contribution in [0.4, 0.5) is 0 Å². The van der Waals surface area contributed by atoms with Gasteiger partial charge in [-0.1, -0.05) is 45.4 Å². The summed E-state index contributed by atoms with van der Waals surface area (Å²) in [5, 5.41) is 0. The Labute approximate surface area is 88.4 Å². The molecule has 82 valence electrons. The highest BCUT2D eigenvalue weighted by molar-refractivity contribution is 5.10. The molecule has 2 aliphatic rings. The molecule has 0 aromatic heterocycles. The maximum absolute atomic E-state index is 6.50. The molecule has 0 aliphatic heterocycles. The molecule has 2 saturated carbocycles. The molecule has 0 aromatic carbocycles. The van der Waals surface area contributed by atoms with E-state index in [-0.39, 0.29) is 5.54 Å². The molecule has 0 saturated heterocycles. The topological polar surface area (TPSA) is 26.0 Å². The van der Waals surface area contributed by atoms with Crippen molar-refractivity contribution in [1.82, 2.24) is 0 Å². The minimum Gasteiger partial charge on any atom is -0.325 e. The smallest absolute Gasteiger partial charge is 0.0215 e. The summed E-state index contributed by atoms with van der Waals surface area (Å²) in [5.41, 5.74) is 6.77. The predicted molar refractivity (Wildman–Crippen MR) is 61.1 cm³/mol. The van der Waals surface area contributed by atoms with Crippen molar-refractivity contribution in [3.63, 3.8) is 0 Å². The van der Waals surface area contributed by atoms with Gasteiger partial charge in [0.15, 0.2) is 0 Å². The van der Waals surface area contributed by atoms with Crippen LogP contribution in [0.2, 0.25) is 0 Å². The molecular weight excluding hydrogens is 170 g/mol. The van der Waals surface area contributed by atoms with Crippen LogP contribution in [0.15, 0.2) is 0 Å². The van der Waals surface area contributed by atoms with Crippen molar-refractivity contribution in [3.05, 3.63) is 0 Å². The number of hydrogen-bond acceptors (Lipinski definition) is 1. The van der Waals surface area contributed by atoms with Gasteiger partial charge in [0.1, 0.15) is 0 Å². The summed E-state index contributed by atoms with van der Waals surface area (Å²) in [7, 11) is 0. The lowest BCUT2D eigenvalue weighted by Crippen LogP contribution is -2.35. The zero-order chi connectivity index (χ0) is 10.0. The fourth-order valence-electron chi connectivity index (χ4n) is 3.39. The van der Waals surface area contributed by atoms with Crippen molar-refractivity contribution in [2.45, 2.75) is 70.3 Å². The Kier molecular flexibility index (Phi) is 3.16. The number of nitrogens with two attached hydrogens (primary N) is 1. The summed E-state index contributed by atoms with van der Waals surface area (Å²) in [4.78, 5) is 0. The maximum atomic E-state index is 6.50. The maximum Gasteiger partial charge on any atom is 0.0215 e. The molecule has 0 radical (unpaired) electrons. The third kappa shape index (κ3) is 1.98. The zero-order valence-electron chi connectivity index (χ0n) is 9.60. The normalized spacial score (nSPS) is 40.3. The summed E-state index contributed by atoms with van der Waals surface area (Å²) >= 11 is 0. The molecule has 14 heavy (non-hydrogen) atoms. The monoisotopic (exact) mass is 195 g/mol. The van der Waals surface area contributed by atoms with E-state index in [9.17, 15) is 0 Å². The average molecular weight is 195 g/mol. The van der Waals surface area contributed by atoms with Gasteiger partial charge in [-0.2, -0.15) is 0 Å². The Hall–Kier alpha value is -0.0400. The molecule has 2 unspecified atom stereocenters. The summed E-state index contributed by atoms with van der Waals surface area (Å²) < 4.78 is 0. The van der Waals surface area contributed by atoms with Crippen LogP contribution < -0.4 is 5.73 Å². The highest BCUT2D eigenvalue weighted by Gasteiger charge is 2.53. The molecule has 0 aromatic rings. The SMILES string of the molecule is CCC1CC1(N)C1CCCCCCC1. The fourth-order valence-corrected chi connectivity index (χ4v) is 3.39. The summed E-state index contributed by atoms with van der Waals surface area (Å²) in [6, 6.07) is 0. The Morgan fingerprint density at radius 3 is 2.14 bits per heavy atom. The van der Waals surface area contributed by atoms with Crippen LogP contribution in [0.25, 0.3) is 0 Å². The first kappa shape index (κ1) is 10.5. The molecule has 2 fully saturated rings. The second kappa shape index (κ2) is 4.22. The average Bonchev–Trinajstić information content (AvgIpc) is 2.77. The summed E-state index contributed by atoms with van der Waals surface area (Å²) in [5.74, 6) is 1.71. The van der Waals surface area contributed by atoms with Crippen LogP contribution >= 0.6 is 0 Å². The van der Waals surface area contributed by atoms with Gasteiger partial charge in [0.2, 0.25) is 0 Å². The van der Waals surface area contributed by atoms with Gasteiger partial charge in [-0.15, -0.1) is 0 Å². The molecule has 2 rings (SSSR count). The van der Waals surface area contributed by atoms with Crippen molar-refractivity contribution < 1.29 is 0 Å². The van der Waals surface area contributed by atoms with Crippen LogP contribution in [0.3, 0.4) is 0 Å². The first-order chi connectivity index (χ1) is 6.77. The van der Waals surface area contributed by atoms with Crippen LogP contribution in [-0.2, 0) is 0 Å². The van der Waals surface area contributed by atoms with E-state index in [1.807, 2.05) is 0 Å². The van der Waals surface area contributed by atoms with Crippen molar-refractivity contribution in [2.24, 2.45) is 17.6 Å². The summed E-state index contributed by atoms with van der Waals surface area (Å²) in [6.07, 6.45) is 12.6. The number of rotatable bonds is 2. The van der Waals surface area contributed by atoms with Gasteiger partial charge >= 0.3 is 0 Å². The zero-order valence-corrected chi connectivity index (χ0v) is 9.60. The first-order valence-corrected chi connectivity index (χ1v) is 6.56. The largest absolute Gasteiger partial charge is 0.325 e. The molecular formula is C13H25N. The Balaban J connectivity index is 1.89. The third-order valence-corrected chi connectivity index (χ3v) is 4.56. The fraction of sp³-hybridized carbons (Fsp3) is 1.00. The van der Waals surface area contributed by atoms with Gasteiger partial charge < -0.3 is 5.73 Å². The Morgan fingerprint density at radius 1 is 1.07 bits per heavy atom. The van der Waals surface area contributed by atoms with E-state index in [1.54, 1.807) is 0 Å². The van der Waals surface area contributed by atoms with E-state index in [2.05, 4.69) is 6.92 Å². The Morgan fingerprint density at radius 2 is 1.64 bits per heavy atom. The van der Waals surface area contributed by atoms with Gasteiger partial charge in [-0.05, 0) is 31.1 Å². The molecule has 0 bridgehead atoms. The van der Waals surface area contributed by atoms with Crippen LogP contribution in [0.1, 0.15) is 64.7 Å². The molecule has 2 aliphatic carbocycles. The van der Waals surface area contributed by atoms with E-state index in [0.717, 1.165) is 11.8 Å². The van der Waals surface area contributed by atoms with Crippen molar-refractivity contribution in [1.29, 1.82) is 0 Å². The standard InChI is InChI=1S/C13H25N/c1-2-11-10-13(11,14)12-8-6-4-3-5-7-9-12/h11-12H,2-10,14H2,1H3. The van der Waals surface area contributed by atoms with Crippen LogP contribution in [0.5, 0.6) is 0 Å². The van der Waals surface area contributed by atoms with E-state index < -0.39 is 0 Å². The Bertz CT molecular complexity index is 182. The summed E-state index contributed by atoms with van der Waals surface area (Å²) in [6.45, 7) is 2.29. The van der Waals surface area contributed by atoms with E-state index in [0.29, 0.717) is 0 Å².